The first kappa shape index (κ1) is 14.1. The van der Waals surface area contributed by atoms with E-state index in [0.717, 1.165) is 12.8 Å². The van der Waals surface area contributed by atoms with Crippen molar-refractivity contribution in [2.45, 2.75) is 44.0 Å². The van der Waals surface area contributed by atoms with Crippen molar-refractivity contribution in [2.75, 3.05) is 6.61 Å². The average Bonchev–Trinajstić information content (AvgIpc) is 2.79. The lowest BCUT2D eigenvalue weighted by Crippen LogP contribution is -2.23. The van der Waals surface area contributed by atoms with Gasteiger partial charge >= 0.3 is 11.9 Å². The first-order chi connectivity index (χ1) is 10.2. The van der Waals surface area contributed by atoms with E-state index in [2.05, 4.69) is 0 Å². The number of esters is 2. The molecule has 0 saturated carbocycles. The molecule has 1 aromatic rings. The highest BCUT2D eigenvalue weighted by atomic mass is 16.6. The Kier molecular flexibility index (Phi) is 4.20. The van der Waals surface area contributed by atoms with E-state index in [1.807, 2.05) is 6.07 Å². The largest absolute Gasteiger partial charge is 0.459 e. The zero-order valence-electron chi connectivity index (χ0n) is 11.7. The summed E-state index contributed by atoms with van der Waals surface area (Å²) in [5.41, 5.74) is 0.524. The molecular formula is C16H18O5. The summed E-state index contributed by atoms with van der Waals surface area (Å²) in [5.74, 6) is -0.517. The zero-order valence-corrected chi connectivity index (χ0v) is 11.7. The molecule has 0 radical (unpaired) electrons. The van der Waals surface area contributed by atoms with Gasteiger partial charge in [0.15, 0.2) is 0 Å². The van der Waals surface area contributed by atoms with Crippen molar-refractivity contribution < 1.29 is 23.8 Å². The first-order valence-corrected chi connectivity index (χ1v) is 7.29. The fourth-order valence-electron chi connectivity index (χ4n) is 2.79. The summed E-state index contributed by atoms with van der Waals surface area (Å²) in [6.45, 7) is 0.193. The van der Waals surface area contributed by atoms with E-state index in [0.29, 0.717) is 18.4 Å². The van der Waals surface area contributed by atoms with E-state index >= 15 is 0 Å². The van der Waals surface area contributed by atoms with Gasteiger partial charge in [0, 0.05) is 12.8 Å². The molecule has 112 valence electrons. The second-order valence-corrected chi connectivity index (χ2v) is 5.42. The summed E-state index contributed by atoms with van der Waals surface area (Å²) in [7, 11) is 0. The summed E-state index contributed by atoms with van der Waals surface area (Å²) in [6, 6.07) is 8.85. The molecule has 5 heteroatoms. The Morgan fingerprint density at radius 2 is 2.05 bits per heavy atom. The van der Waals surface area contributed by atoms with Crippen LogP contribution in [0.5, 0.6) is 0 Å². The van der Waals surface area contributed by atoms with Crippen LogP contribution in [-0.2, 0) is 19.0 Å². The molecule has 2 heterocycles. The van der Waals surface area contributed by atoms with Gasteiger partial charge in [0.05, 0.1) is 17.8 Å². The Labute approximate surface area is 123 Å². The predicted octanol–water partition coefficient (Wildman–Crippen LogP) is 2.10. The summed E-state index contributed by atoms with van der Waals surface area (Å²) in [6.07, 6.45) is 2.22. The van der Waals surface area contributed by atoms with Crippen LogP contribution >= 0.6 is 0 Å². The van der Waals surface area contributed by atoms with Gasteiger partial charge < -0.3 is 14.2 Å². The molecule has 1 aromatic carbocycles. The van der Waals surface area contributed by atoms with Gasteiger partial charge in [-0.25, -0.2) is 4.79 Å². The van der Waals surface area contributed by atoms with Crippen molar-refractivity contribution in [1.82, 2.24) is 0 Å². The molecule has 0 N–H and O–H groups in total. The van der Waals surface area contributed by atoms with Crippen LogP contribution in [0.2, 0.25) is 0 Å². The van der Waals surface area contributed by atoms with Crippen LogP contribution in [0.3, 0.4) is 0 Å². The van der Waals surface area contributed by atoms with Crippen LogP contribution in [0.1, 0.15) is 36.0 Å². The number of carbonyl (C=O) groups is 2. The summed E-state index contributed by atoms with van der Waals surface area (Å²) >= 11 is 0. The number of ether oxygens (including phenoxy) is 3. The fraction of sp³-hybridized carbons (Fsp3) is 0.500. The molecule has 0 amide bonds. The third-order valence-electron chi connectivity index (χ3n) is 3.84. The molecule has 21 heavy (non-hydrogen) atoms. The van der Waals surface area contributed by atoms with Gasteiger partial charge in [-0.15, -0.1) is 0 Å². The van der Waals surface area contributed by atoms with Crippen molar-refractivity contribution in [1.29, 1.82) is 0 Å². The molecule has 0 spiro atoms. The lowest BCUT2D eigenvalue weighted by molar-refractivity contribution is -0.149. The molecule has 2 saturated heterocycles. The highest BCUT2D eigenvalue weighted by molar-refractivity contribution is 5.89. The zero-order chi connectivity index (χ0) is 14.7. The molecule has 0 aromatic heterocycles. The van der Waals surface area contributed by atoms with Crippen LogP contribution in [0.4, 0.5) is 0 Å². The minimum atomic E-state index is -0.358. The maximum absolute atomic E-state index is 11.9. The van der Waals surface area contributed by atoms with Crippen molar-refractivity contribution in [3.05, 3.63) is 35.9 Å². The number of hydrogen-bond acceptors (Lipinski definition) is 5. The molecule has 2 aliphatic rings. The smallest absolute Gasteiger partial charge is 0.338 e. The van der Waals surface area contributed by atoms with Gasteiger partial charge in [0.25, 0.3) is 0 Å². The lowest BCUT2D eigenvalue weighted by Gasteiger charge is -2.14. The topological polar surface area (TPSA) is 61.8 Å². The Balaban J connectivity index is 1.51. The van der Waals surface area contributed by atoms with E-state index < -0.39 is 0 Å². The van der Waals surface area contributed by atoms with Gasteiger partial charge in [-0.05, 0) is 25.0 Å². The second kappa shape index (κ2) is 6.26. The third kappa shape index (κ3) is 3.42. The van der Waals surface area contributed by atoms with Gasteiger partial charge in [0.2, 0.25) is 0 Å². The number of fused-ring (bicyclic) bond motifs is 1. The van der Waals surface area contributed by atoms with E-state index in [4.69, 9.17) is 14.2 Å². The number of carbonyl (C=O) groups excluding carboxylic acids is 2. The quantitative estimate of drug-likeness (QED) is 0.798. The Hall–Kier alpha value is -1.88. The monoisotopic (exact) mass is 290 g/mol. The number of benzene rings is 1. The van der Waals surface area contributed by atoms with E-state index in [1.54, 1.807) is 24.3 Å². The molecule has 3 atom stereocenters. The summed E-state index contributed by atoms with van der Waals surface area (Å²) < 4.78 is 16.4. The highest BCUT2D eigenvalue weighted by Crippen LogP contribution is 2.30. The number of rotatable bonds is 3. The molecule has 2 fully saturated rings. The third-order valence-corrected chi connectivity index (χ3v) is 3.84. The second-order valence-electron chi connectivity index (χ2n) is 5.42. The van der Waals surface area contributed by atoms with Crippen molar-refractivity contribution in [3.63, 3.8) is 0 Å². The summed E-state index contributed by atoms with van der Waals surface area (Å²) in [4.78, 5) is 23.3. The Bertz CT molecular complexity index is 513. The predicted molar refractivity (Wildman–Crippen MR) is 73.7 cm³/mol. The maximum atomic E-state index is 11.9. The van der Waals surface area contributed by atoms with Crippen LogP contribution in [0.25, 0.3) is 0 Å². The van der Waals surface area contributed by atoms with E-state index in [9.17, 15) is 9.59 Å². The SMILES string of the molecule is O=C1CCC[C@H]2O[C@@H](COC(=O)c3ccccc3)C[C@H]2O1. The van der Waals surface area contributed by atoms with Crippen LogP contribution in [-0.4, -0.2) is 36.9 Å². The Morgan fingerprint density at radius 3 is 2.86 bits per heavy atom. The molecule has 2 aliphatic heterocycles. The first-order valence-electron chi connectivity index (χ1n) is 7.29. The number of hydrogen-bond donors (Lipinski definition) is 0. The maximum Gasteiger partial charge on any atom is 0.338 e. The van der Waals surface area contributed by atoms with Gasteiger partial charge in [-0.1, -0.05) is 18.2 Å². The minimum Gasteiger partial charge on any atom is -0.459 e. The van der Waals surface area contributed by atoms with Gasteiger partial charge in [-0.2, -0.15) is 0 Å². The van der Waals surface area contributed by atoms with Crippen molar-refractivity contribution in [3.8, 4) is 0 Å². The molecule has 0 aliphatic carbocycles. The molecule has 0 unspecified atom stereocenters. The van der Waals surface area contributed by atoms with Gasteiger partial charge in [-0.3, -0.25) is 4.79 Å². The van der Waals surface area contributed by atoms with Crippen LogP contribution in [0, 0.1) is 0 Å². The Morgan fingerprint density at radius 1 is 1.24 bits per heavy atom. The molecular weight excluding hydrogens is 272 g/mol. The minimum absolute atomic E-state index is 0.0584. The highest BCUT2D eigenvalue weighted by Gasteiger charge is 2.39. The fourth-order valence-corrected chi connectivity index (χ4v) is 2.79. The normalized spacial score (nSPS) is 28.4. The van der Waals surface area contributed by atoms with E-state index in [1.165, 1.54) is 0 Å². The average molecular weight is 290 g/mol. The molecule has 3 rings (SSSR count). The van der Waals surface area contributed by atoms with Crippen molar-refractivity contribution in [2.24, 2.45) is 0 Å². The van der Waals surface area contributed by atoms with Gasteiger partial charge in [0.1, 0.15) is 12.7 Å². The van der Waals surface area contributed by atoms with E-state index in [-0.39, 0.29) is 36.9 Å². The summed E-state index contributed by atoms with van der Waals surface area (Å²) in [5, 5.41) is 0. The van der Waals surface area contributed by atoms with Crippen LogP contribution in [0.15, 0.2) is 30.3 Å². The lowest BCUT2D eigenvalue weighted by atomic mass is 10.1. The molecule has 5 nitrogen and oxygen atoms in total. The van der Waals surface area contributed by atoms with Crippen LogP contribution < -0.4 is 0 Å². The standard InChI is InChI=1S/C16H18O5/c17-15-8-4-7-13-14(21-15)9-12(20-13)10-19-16(18)11-5-2-1-3-6-11/h1-3,5-6,12-14H,4,7-10H2/t12-,13-,14-/m1/s1. The molecule has 0 bridgehead atoms. The van der Waals surface area contributed by atoms with Crippen molar-refractivity contribution >= 4 is 11.9 Å².